The van der Waals surface area contributed by atoms with E-state index in [1.54, 1.807) is 6.07 Å². The van der Waals surface area contributed by atoms with Gasteiger partial charge in [0.05, 0.1) is 0 Å². The van der Waals surface area contributed by atoms with E-state index in [9.17, 15) is 19.2 Å². The summed E-state index contributed by atoms with van der Waals surface area (Å²) in [6.45, 7) is 8.09. The number of carbonyl (C=O) groups excluding carboxylic acids is 4. The van der Waals surface area contributed by atoms with Gasteiger partial charge < -0.3 is 9.59 Å². The van der Waals surface area contributed by atoms with Gasteiger partial charge in [0.2, 0.25) is 0 Å². The van der Waals surface area contributed by atoms with Crippen molar-refractivity contribution in [3.8, 4) is 0 Å². The van der Waals surface area contributed by atoms with Gasteiger partial charge in [-0.05, 0) is 30.0 Å². The molecule has 0 heterocycles. The molecule has 0 spiro atoms. The molecule has 0 unspecified atom stereocenters. The fourth-order valence-electron chi connectivity index (χ4n) is 1.35. The Morgan fingerprint density at radius 2 is 1.23 bits per heavy atom. The van der Waals surface area contributed by atoms with Gasteiger partial charge in [-0.15, -0.1) is 0 Å². The van der Waals surface area contributed by atoms with E-state index in [1.165, 1.54) is 18.2 Å². The summed E-state index contributed by atoms with van der Waals surface area (Å²) in [5, 5.41) is 0. The number of benzene rings is 1. The molecular weight excluding hydrogens is 336 g/mol. The molecule has 0 aliphatic rings. The predicted octanol–water partition coefficient (Wildman–Crippen LogP) is 1.36. The molecule has 1 aromatic rings. The molecule has 2 amide bonds. The Kier molecular flexibility index (Phi) is 15.7. The Morgan fingerprint density at radius 3 is 1.42 bits per heavy atom. The van der Waals surface area contributed by atoms with Crippen molar-refractivity contribution in [2.24, 2.45) is 23.5 Å². The van der Waals surface area contributed by atoms with E-state index in [1.807, 2.05) is 38.5 Å². The van der Waals surface area contributed by atoms with Crippen LogP contribution in [0.1, 0.15) is 61.3 Å². The highest BCUT2D eigenvalue weighted by atomic mass is 16.2. The van der Waals surface area contributed by atoms with Crippen molar-refractivity contribution in [3.63, 3.8) is 0 Å². The highest BCUT2D eigenvalue weighted by molar-refractivity contribution is 5.99. The lowest BCUT2D eigenvalue weighted by Crippen LogP contribution is -2.32. The SMILES string of the molecule is CC(C)CC=O.CC(C)CC=O.NNC(=O)c1cccc(C(=O)NN)c1. The Hall–Kier alpha value is -2.58. The lowest BCUT2D eigenvalue weighted by Gasteiger charge is -2.02. The number of carbonyl (C=O) groups is 4. The third-order valence-electron chi connectivity index (χ3n) is 2.78. The second-order valence-corrected chi connectivity index (χ2v) is 6.12. The first kappa shape index (κ1) is 25.7. The first-order valence-corrected chi connectivity index (χ1v) is 8.22. The molecule has 0 bridgehead atoms. The largest absolute Gasteiger partial charge is 0.303 e. The third-order valence-corrected chi connectivity index (χ3v) is 2.78. The summed E-state index contributed by atoms with van der Waals surface area (Å²) >= 11 is 0. The number of nitrogens with one attached hydrogen (secondary N) is 2. The van der Waals surface area contributed by atoms with E-state index >= 15 is 0 Å². The van der Waals surface area contributed by atoms with Crippen LogP contribution < -0.4 is 22.5 Å². The maximum Gasteiger partial charge on any atom is 0.265 e. The van der Waals surface area contributed by atoms with Crippen molar-refractivity contribution in [2.45, 2.75) is 40.5 Å². The summed E-state index contributed by atoms with van der Waals surface area (Å²) < 4.78 is 0. The molecule has 0 saturated heterocycles. The lowest BCUT2D eigenvalue weighted by molar-refractivity contribution is -0.109. The van der Waals surface area contributed by atoms with Crippen LogP contribution in [0.15, 0.2) is 24.3 Å². The Bertz CT molecular complexity index is 515. The molecule has 0 radical (unpaired) electrons. The molecule has 0 aliphatic carbocycles. The number of nitrogen functional groups attached to an aromatic ring is 2. The second-order valence-electron chi connectivity index (χ2n) is 6.12. The van der Waals surface area contributed by atoms with Gasteiger partial charge in [0.25, 0.3) is 11.8 Å². The van der Waals surface area contributed by atoms with Gasteiger partial charge in [-0.25, -0.2) is 11.7 Å². The van der Waals surface area contributed by atoms with Crippen LogP contribution in [0.25, 0.3) is 0 Å². The number of nitrogens with two attached hydrogens (primary N) is 2. The number of rotatable bonds is 6. The van der Waals surface area contributed by atoms with Crippen LogP contribution in [0.5, 0.6) is 0 Å². The second kappa shape index (κ2) is 15.9. The average molecular weight is 366 g/mol. The summed E-state index contributed by atoms with van der Waals surface area (Å²) in [5.41, 5.74) is 4.53. The summed E-state index contributed by atoms with van der Waals surface area (Å²) in [4.78, 5) is 41.4. The molecule has 0 aromatic heterocycles. The number of aldehydes is 2. The third kappa shape index (κ3) is 13.8. The van der Waals surface area contributed by atoms with E-state index < -0.39 is 11.8 Å². The van der Waals surface area contributed by atoms with Crippen LogP contribution in [0.3, 0.4) is 0 Å². The molecule has 6 N–H and O–H groups in total. The number of hydrazine groups is 2. The van der Waals surface area contributed by atoms with Crippen molar-refractivity contribution in [2.75, 3.05) is 0 Å². The molecule has 0 saturated carbocycles. The van der Waals surface area contributed by atoms with Crippen molar-refractivity contribution >= 4 is 24.4 Å². The maximum atomic E-state index is 11.1. The molecular formula is C18H30N4O4. The van der Waals surface area contributed by atoms with Gasteiger partial charge in [0.15, 0.2) is 0 Å². The highest BCUT2D eigenvalue weighted by Crippen LogP contribution is 2.04. The van der Waals surface area contributed by atoms with Crippen LogP contribution >= 0.6 is 0 Å². The Labute approximate surface area is 154 Å². The fraction of sp³-hybridized carbons (Fsp3) is 0.444. The van der Waals surface area contributed by atoms with Gasteiger partial charge in [-0.2, -0.15) is 0 Å². The Morgan fingerprint density at radius 1 is 0.885 bits per heavy atom. The van der Waals surface area contributed by atoms with Gasteiger partial charge in [-0.1, -0.05) is 33.8 Å². The summed E-state index contributed by atoms with van der Waals surface area (Å²) in [5.74, 6) is 10.0. The van der Waals surface area contributed by atoms with Crippen molar-refractivity contribution in [1.82, 2.24) is 10.9 Å². The zero-order valence-electron chi connectivity index (χ0n) is 15.8. The molecule has 8 heteroatoms. The van der Waals surface area contributed by atoms with Gasteiger partial charge in [0.1, 0.15) is 12.6 Å². The van der Waals surface area contributed by atoms with Crippen LogP contribution in [-0.4, -0.2) is 24.4 Å². The lowest BCUT2D eigenvalue weighted by atomic mass is 10.1. The van der Waals surface area contributed by atoms with E-state index in [2.05, 4.69) is 0 Å². The molecule has 0 aliphatic heterocycles. The number of hydrogen-bond donors (Lipinski definition) is 4. The summed E-state index contributed by atoms with van der Waals surface area (Å²) in [6.07, 6.45) is 3.29. The topological polar surface area (TPSA) is 144 Å². The quantitative estimate of drug-likeness (QED) is 0.259. The molecule has 26 heavy (non-hydrogen) atoms. The maximum absolute atomic E-state index is 11.1. The van der Waals surface area contributed by atoms with E-state index in [0.29, 0.717) is 35.8 Å². The average Bonchev–Trinajstić information content (AvgIpc) is 2.61. The van der Waals surface area contributed by atoms with Gasteiger partial charge >= 0.3 is 0 Å². The molecule has 146 valence electrons. The first-order chi connectivity index (χ1) is 12.2. The van der Waals surface area contributed by atoms with Crippen LogP contribution in [0.2, 0.25) is 0 Å². The minimum Gasteiger partial charge on any atom is -0.303 e. The van der Waals surface area contributed by atoms with E-state index in [-0.39, 0.29) is 0 Å². The zero-order valence-corrected chi connectivity index (χ0v) is 15.8. The standard InChI is InChI=1S/C8H10N4O2.2C5H10O/c9-11-7(13)5-2-1-3-6(4-5)8(14)12-10;2*1-5(2)3-4-6/h1-4H,9-10H2,(H,11,13)(H,12,14);2*4-5H,3H2,1-2H3. The zero-order chi connectivity index (χ0) is 20.5. The molecule has 8 nitrogen and oxygen atoms in total. The Balaban J connectivity index is 0. The molecule has 0 fully saturated rings. The van der Waals surface area contributed by atoms with Crippen molar-refractivity contribution < 1.29 is 19.2 Å². The minimum atomic E-state index is -0.461. The minimum absolute atomic E-state index is 0.300. The van der Waals surface area contributed by atoms with Crippen LogP contribution in [0.4, 0.5) is 0 Å². The molecule has 1 aromatic carbocycles. The normalized spacial score (nSPS) is 9.23. The summed E-state index contributed by atoms with van der Waals surface area (Å²) in [7, 11) is 0. The smallest absolute Gasteiger partial charge is 0.265 e. The van der Waals surface area contributed by atoms with Gasteiger partial charge in [-0.3, -0.25) is 20.4 Å². The van der Waals surface area contributed by atoms with Gasteiger partial charge in [0, 0.05) is 24.0 Å². The summed E-state index contributed by atoms with van der Waals surface area (Å²) in [6, 6.07) is 6.03. The number of hydrogen-bond acceptors (Lipinski definition) is 6. The van der Waals surface area contributed by atoms with E-state index in [0.717, 1.165) is 12.6 Å². The van der Waals surface area contributed by atoms with Crippen molar-refractivity contribution in [1.29, 1.82) is 0 Å². The predicted molar refractivity (Wildman–Crippen MR) is 101 cm³/mol. The van der Waals surface area contributed by atoms with Crippen LogP contribution in [-0.2, 0) is 9.59 Å². The number of amides is 2. The molecule has 1 rings (SSSR count). The monoisotopic (exact) mass is 366 g/mol. The van der Waals surface area contributed by atoms with Crippen molar-refractivity contribution in [3.05, 3.63) is 35.4 Å². The fourth-order valence-corrected chi connectivity index (χ4v) is 1.35. The molecule has 0 atom stereocenters. The highest BCUT2D eigenvalue weighted by Gasteiger charge is 2.07. The van der Waals surface area contributed by atoms with Crippen LogP contribution in [0, 0.1) is 11.8 Å². The first-order valence-electron chi connectivity index (χ1n) is 8.22. The van der Waals surface area contributed by atoms with E-state index in [4.69, 9.17) is 11.7 Å².